The van der Waals surface area contributed by atoms with Gasteiger partial charge < -0.3 is 20.3 Å². The Balaban J connectivity index is 1.33. The highest BCUT2D eigenvalue weighted by Crippen LogP contribution is 2.32. The van der Waals surface area contributed by atoms with Crippen LogP contribution >= 0.6 is 11.3 Å². The van der Waals surface area contributed by atoms with Gasteiger partial charge in [0.1, 0.15) is 11.4 Å². The minimum Gasteiger partial charge on any atom is -0.444 e. The zero-order valence-corrected chi connectivity index (χ0v) is 22.0. The van der Waals surface area contributed by atoms with Crippen LogP contribution < -0.4 is 10.6 Å². The lowest BCUT2D eigenvalue weighted by Gasteiger charge is -2.38. The summed E-state index contributed by atoms with van der Waals surface area (Å²) >= 11 is 1.61. The van der Waals surface area contributed by atoms with Crippen LogP contribution in [0.5, 0.6) is 0 Å². The van der Waals surface area contributed by atoms with Gasteiger partial charge in [0.25, 0.3) is 0 Å². The zero-order chi connectivity index (χ0) is 25.0. The van der Waals surface area contributed by atoms with Crippen LogP contribution in [0.4, 0.5) is 15.7 Å². The summed E-state index contributed by atoms with van der Waals surface area (Å²) in [5, 5.41) is 7.12. The monoisotopic (exact) mass is 499 g/mol. The van der Waals surface area contributed by atoms with Gasteiger partial charge in [-0.25, -0.2) is 14.8 Å². The molecule has 1 saturated carbocycles. The summed E-state index contributed by atoms with van der Waals surface area (Å²) in [6.45, 7) is 9.00. The van der Waals surface area contributed by atoms with Crippen LogP contribution in [-0.4, -0.2) is 51.6 Å². The first kappa shape index (κ1) is 25.4. The Morgan fingerprint density at radius 3 is 2.54 bits per heavy atom. The van der Waals surface area contributed by atoms with Gasteiger partial charge in [-0.15, -0.1) is 11.3 Å². The van der Waals surface area contributed by atoms with Gasteiger partial charge in [0.05, 0.1) is 5.92 Å². The molecule has 8 nitrogen and oxygen atoms in total. The molecule has 2 N–H and O–H groups in total. The van der Waals surface area contributed by atoms with Gasteiger partial charge >= 0.3 is 6.09 Å². The lowest BCUT2D eigenvalue weighted by Crippen LogP contribution is -2.51. The van der Waals surface area contributed by atoms with Crippen LogP contribution in [0.3, 0.4) is 0 Å². The summed E-state index contributed by atoms with van der Waals surface area (Å²) in [6.07, 6.45) is 6.84. The minimum absolute atomic E-state index is 0.159. The van der Waals surface area contributed by atoms with Crippen LogP contribution in [0.2, 0.25) is 0 Å². The summed E-state index contributed by atoms with van der Waals surface area (Å²) in [5.74, 6) is 1.10. The van der Waals surface area contributed by atoms with E-state index < -0.39 is 11.7 Å². The average molecular weight is 500 g/mol. The molecule has 2 fully saturated rings. The maximum Gasteiger partial charge on any atom is 0.407 e. The van der Waals surface area contributed by atoms with E-state index in [4.69, 9.17) is 9.72 Å². The predicted molar refractivity (Wildman–Crippen MR) is 138 cm³/mol. The highest BCUT2D eigenvalue weighted by Gasteiger charge is 2.37. The predicted octanol–water partition coefficient (Wildman–Crippen LogP) is 5.38. The Hall–Kier alpha value is -2.68. The molecular formula is C26H37N5O3S. The summed E-state index contributed by atoms with van der Waals surface area (Å²) in [4.78, 5) is 38.1. The van der Waals surface area contributed by atoms with E-state index in [0.717, 1.165) is 60.0 Å². The standard InChI is InChI=1S/C26H37N5O3S/c1-17-16-27-24(35-17)30-22-11-7-10-20(28-22)18-12-14-31(15-13-18)23(32)19-8-5-6-9-21(19)29-25(33)34-26(2,3)4/h7,10-11,16,18-19,21H,5-6,8-9,12-15H2,1-4H3,(H,29,33)(H,27,28,30)/t19-,21-/m0/s1. The van der Waals surface area contributed by atoms with Crippen molar-refractivity contribution >= 4 is 34.3 Å². The van der Waals surface area contributed by atoms with Crippen LogP contribution in [0.1, 0.15) is 75.8 Å². The topological polar surface area (TPSA) is 96.5 Å². The molecule has 2 amide bonds. The quantitative estimate of drug-likeness (QED) is 0.573. The third-order valence-corrected chi connectivity index (χ3v) is 7.47. The number of carbonyl (C=O) groups is 2. The second-order valence-electron chi connectivity index (χ2n) is 10.6. The largest absolute Gasteiger partial charge is 0.444 e. The van der Waals surface area contributed by atoms with Crippen LogP contribution in [-0.2, 0) is 9.53 Å². The number of hydrogen-bond acceptors (Lipinski definition) is 7. The number of carbonyl (C=O) groups excluding carboxylic acids is 2. The van der Waals surface area contributed by atoms with Crippen molar-refractivity contribution in [3.63, 3.8) is 0 Å². The fourth-order valence-corrected chi connectivity index (χ4v) is 5.63. The second kappa shape index (κ2) is 10.9. The molecule has 2 aromatic heterocycles. The number of nitrogens with zero attached hydrogens (tertiary/aromatic N) is 3. The lowest BCUT2D eigenvalue weighted by molar-refractivity contribution is -0.138. The first-order valence-corrected chi connectivity index (χ1v) is 13.4. The third-order valence-electron chi connectivity index (χ3n) is 6.64. The molecule has 190 valence electrons. The van der Waals surface area contributed by atoms with Crippen molar-refractivity contribution in [3.05, 3.63) is 35.0 Å². The maximum atomic E-state index is 13.4. The number of alkyl carbamates (subject to hydrolysis) is 1. The highest BCUT2D eigenvalue weighted by atomic mass is 32.1. The molecule has 4 rings (SSSR count). The summed E-state index contributed by atoms with van der Waals surface area (Å²) in [7, 11) is 0. The summed E-state index contributed by atoms with van der Waals surface area (Å²) in [6, 6.07) is 5.89. The molecule has 1 saturated heterocycles. The number of likely N-dealkylation sites (tertiary alicyclic amines) is 1. The fourth-order valence-electron chi connectivity index (χ4n) is 4.96. The van der Waals surface area contributed by atoms with Crippen molar-refractivity contribution in [2.24, 2.45) is 5.92 Å². The molecule has 9 heteroatoms. The minimum atomic E-state index is -0.555. The Bertz CT molecular complexity index is 1030. The van der Waals surface area contributed by atoms with Gasteiger partial charge in [-0.3, -0.25) is 4.79 Å². The number of anilines is 2. The normalized spacial score (nSPS) is 21.4. The number of piperidine rings is 1. The molecule has 0 bridgehead atoms. The molecular weight excluding hydrogens is 462 g/mol. The van der Waals surface area contributed by atoms with E-state index in [0.29, 0.717) is 19.0 Å². The molecule has 2 atom stereocenters. The van der Waals surface area contributed by atoms with Gasteiger partial charge in [0, 0.05) is 41.8 Å². The van der Waals surface area contributed by atoms with E-state index in [9.17, 15) is 9.59 Å². The Morgan fingerprint density at radius 1 is 1.11 bits per heavy atom. The highest BCUT2D eigenvalue weighted by molar-refractivity contribution is 7.15. The fraction of sp³-hybridized carbons (Fsp3) is 0.615. The number of ether oxygens (including phenoxy) is 1. The van der Waals surface area contributed by atoms with E-state index in [2.05, 4.69) is 21.7 Å². The maximum absolute atomic E-state index is 13.4. The third kappa shape index (κ3) is 6.93. The number of aryl methyl sites for hydroxylation is 1. The number of hydrogen-bond donors (Lipinski definition) is 2. The van der Waals surface area contributed by atoms with Crippen molar-refractivity contribution in [1.82, 2.24) is 20.2 Å². The molecule has 1 aliphatic carbocycles. The molecule has 0 radical (unpaired) electrons. The second-order valence-corrected chi connectivity index (χ2v) is 11.8. The van der Waals surface area contributed by atoms with Gasteiger partial charge in [-0.1, -0.05) is 18.9 Å². The average Bonchev–Trinajstić information content (AvgIpc) is 3.22. The summed E-state index contributed by atoms with van der Waals surface area (Å²) in [5.41, 5.74) is 0.498. The molecule has 2 aromatic rings. The lowest BCUT2D eigenvalue weighted by atomic mass is 9.82. The van der Waals surface area contributed by atoms with E-state index in [-0.39, 0.29) is 17.9 Å². The van der Waals surface area contributed by atoms with Crippen LogP contribution in [0, 0.1) is 12.8 Å². The molecule has 0 aromatic carbocycles. The SMILES string of the molecule is Cc1cnc(Nc2cccc(C3CCN(C(=O)[C@H]4CCCC[C@@H]4NC(=O)OC(C)(C)C)CC3)n2)s1. The Morgan fingerprint density at radius 2 is 1.86 bits per heavy atom. The summed E-state index contributed by atoms with van der Waals surface area (Å²) < 4.78 is 5.44. The van der Waals surface area contributed by atoms with E-state index in [1.54, 1.807) is 11.3 Å². The molecule has 2 aliphatic rings. The van der Waals surface area contributed by atoms with Gasteiger partial charge in [0.15, 0.2) is 5.13 Å². The molecule has 1 aliphatic heterocycles. The molecule has 0 spiro atoms. The van der Waals surface area contributed by atoms with Crippen LogP contribution in [0.25, 0.3) is 0 Å². The number of rotatable bonds is 5. The number of nitrogens with one attached hydrogen (secondary N) is 2. The van der Waals surface area contributed by atoms with Gasteiger partial charge in [0.2, 0.25) is 5.91 Å². The number of aromatic nitrogens is 2. The van der Waals surface area contributed by atoms with Crippen molar-refractivity contribution in [2.75, 3.05) is 18.4 Å². The molecule has 0 unspecified atom stereocenters. The van der Waals surface area contributed by atoms with Crippen molar-refractivity contribution < 1.29 is 14.3 Å². The van der Waals surface area contributed by atoms with Crippen molar-refractivity contribution in [2.45, 2.75) is 83.8 Å². The molecule has 3 heterocycles. The number of thiazole rings is 1. The molecule has 35 heavy (non-hydrogen) atoms. The van der Waals surface area contributed by atoms with Crippen molar-refractivity contribution in [1.29, 1.82) is 0 Å². The number of pyridine rings is 1. The zero-order valence-electron chi connectivity index (χ0n) is 21.2. The van der Waals surface area contributed by atoms with E-state index in [1.165, 1.54) is 0 Å². The Kier molecular flexibility index (Phi) is 7.94. The number of amides is 2. The van der Waals surface area contributed by atoms with Gasteiger partial charge in [-0.05, 0) is 65.5 Å². The first-order valence-electron chi connectivity index (χ1n) is 12.6. The smallest absolute Gasteiger partial charge is 0.407 e. The van der Waals surface area contributed by atoms with E-state index >= 15 is 0 Å². The van der Waals surface area contributed by atoms with Gasteiger partial charge in [-0.2, -0.15) is 0 Å². The van der Waals surface area contributed by atoms with Crippen LogP contribution in [0.15, 0.2) is 24.4 Å². The van der Waals surface area contributed by atoms with Crippen molar-refractivity contribution in [3.8, 4) is 0 Å². The first-order chi connectivity index (χ1) is 16.7. The van der Waals surface area contributed by atoms with E-state index in [1.807, 2.05) is 50.9 Å². The Labute approximate surface area is 211 Å².